The van der Waals surface area contributed by atoms with Crippen LogP contribution in [0.15, 0.2) is 92.9 Å². The van der Waals surface area contributed by atoms with Crippen molar-refractivity contribution in [2.75, 3.05) is 0 Å². The highest BCUT2D eigenvalue weighted by molar-refractivity contribution is 9.10. The van der Waals surface area contributed by atoms with Crippen molar-refractivity contribution in [3.05, 3.63) is 103 Å². The molecular weight excluding hydrogens is 478 g/mol. The van der Waals surface area contributed by atoms with Crippen molar-refractivity contribution in [2.45, 2.75) is 6.92 Å². The molecule has 0 radical (unpaired) electrons. The molecule has 0 bridgehead atoms. The van der Waals surface area contributed by atoms with E-state index in [0.717, 1.165) is 21.4 Å². The smallest absolute Gasteiger partial charge is 0.258 e. The van der Waals surface area contributed by atoms with Gasteiger partial charge in [0.2, 0.25) is 4.80 Å². The molecule has 0 spiro atoms. The molecule has 4 aromatic rings. The van der Waals surface area contributed by atoms with E-state index in [-0.39, 0.29) is 11.4 Å². The number of halogens is 1. The summed E-state index contributed by atoms with van der Waals surface area (Å²) in [5.41, 5.74) is 3.38. The summed E-state index contributed by atoms with van der Waals surface area (Å²) in [5, 5.41) is 18.1. The van der Waals surface area contributed by atoms with E-state index < -0.39 is 4.92 Å². The fraction of sp³-hybridized carbons (Fsp3) is 0.0455. The molecule has 0 aliphatic rings. The maximum atomic E-state index is 11.4. The molecule has 9 heteroatoms. The summed E-state index contributed by atoms with van der Waals surface area (Å²) < 4.78 is 2.61. The van der Waals surface area contributed by atoms with E-state index in [1.807, 2.05) is 54.8 Å². The number of benzene rings is 2. The summed E-state index contributed by atoms with van der Waals surface area (Å²) in [5.74, 6) is 0. The third kappa shape index (κ3) is 4.52. The second-order valence-corrected chi connectivity index (χ2v) is 8.14. The van der Waals surface area contributed by atoms with Gasteiger partial charge in [0.15, 0.2) is 0 Å². The van der Waals surface area contributed by atoms with E-state index in [9.17, 15) is 10.1 Å². The normalized spacial score (nSPS) is 12.2. The first-order valence-electron chi connectivity index (χ1n) is 9.25. The van der Waals surface area contributed by atoms with Crippen LogP contribution in [-0.4, -0.2) is 20.3 Å². The van der Waals surface area contributed by atoms with Gasteiger partial charge in [-0.15, -0.1) is 11.3 Å². The molecule has 0 N–H and O–H groups in total. The molecule has 0 aliphatic carbocycles. The van der Waals surface area contributed by atoms with Gasteiger partial charge < -0.3 is 0 Å². The first-order valence-corrected chi connectivity index (χ1v) is 10.9. The van der Waals surface area contributed by atoms with Crippen molar-refractivity contribution in [1.29, 1.82) is 0 Å². The molecule has 154 valence electrons. The first-order chi connectivity index (χ1) is 15.0. The molecule has 0 saturated carbocycles. The van der Waals surface area contributed by atoms with E-state index in [2.05, 4.69) is 25.9 Å². The zero-order valence-electron chi connectivity index (χ0n) is 16.3. The number of para-hydroxylation sites is 2. The van der Waals surface area contributed by atoms with E-state index in [4.69, 9.17) is 5.10 Å². The van der Waals surface area contributed by atoms with Gasteiger partial charge in [0, 0.05) is 27.7 Å². The molecule has 4 rings (SSSR count). The van der Waals surface area contributed by atoms with Gasteiger partial charge in [0.05, 0.1) is 22.0 Å². The lowest BCUT2D eigenvalue weighted by Crippen LogP contribution is -2.14. The zero-order valence-corrected chi connectivity index (χ0v) is 18.7. The second kappa shape index (κ2) is 9.15. The minimum atomic E-state index is -0.437. The third-order valence-corrected chi connectivity index (χ3v) is 5.92. The van der Waals surface area contributed by atoms with Crippen LogP contribution in [0.5, 0.6) is 0 Å². The number of hydrogen-bond acceptors (Lipinski definition) is 6. The molecule has 0 aliphatic heterocycles. The standard InChI is InChI=1S/C22H16BrN5O2S/c1-15(18-10-6-7-13-24-18)26-27-21(16-8-2-3-9-17(16)23)14-31-22(27)25-19-11-4-5-12-20(19)28(29)30/h2-14H,1H3. The van der Waals surface area contributed by atoms with Gasteiger partial charge in [-0.25, -0.2) is 9.67 Å². The van der Waals surface area contributed by atoms with Gasteiger partial charge in [0.1, 0.15) is 5.69 Å². The molecule has 0 fully saturated rings. The average Bonchev–Trinajstić information content (AvgIpc) is 3.16. The van der Waals surface area contributed by atoms with Gasteiger partial charge in [-0.05, 0) is 31.2 Å². The SMILES string of the molecule is CC(=Nn1c(-c2ccccc2Br)csc1=Nc1ccccc1[N+](=O)[O-])c1ccccn1. The van der Waals surface area contributed by atoms with Crippen LogP contribution in [0.2, 0.25) is 0 Å². The van der Waals surface area contributed by atoms with Gasteiger partial charge in [-0.2, -0.15) is 5.10 Å². The van der Waals surface area contributed by atoms with E-state index in [1.54, 1.807) is 29.1 Å². The van der Waals surface area contributed by atoms with Crippen molar-refractivity contribution < 1.29 is 4.92 Å². The molecule has 2 aromatic carbocycles. The Morgan fingerprint density at radius 3 is 2.58 bits per heavy atom. The van der Waals surface area contributed by atoms with Crippen LogP contribution in [0.1, 0.15) is 12.6 Å². The number of thiazole rings is 1. The highest BCUT2D eigenvalue weighted by Crippen LogP contribution is 2.30. The Balaban J connectivity index is 1.96. The van der Waals surface area contributed by atoms with Crippen molar-refractivity contribution in [2.24, 2.45) is 10.1 Å². The summed E-state index contributed by atoms with van der Waals surface area (Å²) in [6.07, 6.45) is 1.71. The Bertz CT molecular complexity index is 1350. The van der Waals surface area contributed by atoms with Crippen molar-refractivity contribution in [3.63, 3.8) is 0 Å². The topological polar surface area (TPSA) is 85.7 Å². The summed E-state index contributed by atoms with van der Waals surface area (Å²) >= 11 is 4.95. The fourth-order valence-electron chi connectivity index (χ4n) is 2.92. The molecule has 0 saturated heterocycles. The molecule has 0 atom stereocenters. The maximum absolute atomic E-state index is 11.4. The van der Waals surface area contributed by atoms with Gasteiger partial charge in [0.25, 0.3) is 5.69 Å². The Morgan fingerprint density at radius 1 is 1.10 bits per heavy atom. The minimum absolute atomic E-state index is 0.0599. The summed E-state index contributed by atoms with van der Waals surface area (Å²) in [6, 6.07) is 19.8. The molecule has 0 unspecified atom stereocenters. The fourth-order valence-corrected chi connectivity index (χ4v) is 4.24. The molecule has 2 aromatic heterocycles. The molecule has 31 heavy (non-hydrogen) atoms. The van der Waals surface area contributed by atoms with E-state index in [1.165, 1.54) is 17.4 Å². The number of pyridine rings is 1. The summed E-state index contributed by atoms with van der Waals surface area (Å²) in [6.45, 7) is 1.87. The van der Waals surface area contributed by atoms with Crippen LogP contribution in [0.3, 0.4) is 0 Å². The number of nitro benzene ring substituents is 1. The first kappa shape index (κ1) is 20.8. The molecule has 0 amide bonds. The van der Waals surface area contributed by atoms with Crippen LogP contribution in [0.4, 0.5) is 11.4 Å². The lowest BCUT2D eigenvalue weighted by molar-refractivity contribution is -0.384. The number of nitrogens with zero attached hydrogens (tertiary/aromatic N) is 5. The van der Waals surface area contributed by atoms with Crippen LogP contribution in [0.25, 0.3) is 11.3 Å². The Hall–Kier alpha value is -3.43. The van der Waals surface area contributed by atoms with Crippen LogP contribution >= 0.6 is 27.3 Å². The number of hydrogen-bond donors (Lipinski definition) is 0. The number of aromatic nitrogens is 2. The highest BCUT2D eigenvalue weighted by Gasteiger charge is 2.15. The average molecular weight is 494 g/mol. The van der Waals surface area contributed by atoms with E-state index in [0.29, 0.717) is 10.5 Å². The van der Waals surface area contributed by atoms with Gasteiger partial charge in [-0.3, -0.25) is 15.1 Å². The van der Waals surface area contributed by atoms with Crippen molar-refractivity contribution in [1.82, 2.24) is 9.66 Å². The largest absolute Gasteiger partial charge is 0.294 e. The predicted octanol–water partition coefficient (Wildman–Crippen LogP) is 5.79. The van der Waals surface area contributed by atoms with Crippen molar-refractivity contribution in [3.8, 4) is 11.3 Å². The van der Waals surface area contributed by atoms with Gasteiger partial charge >= 0.3 is 0 Å². The second-order valence-electron chi connectivity index (χ2n) is 6.45. The Labute approximate surface area is 190 Å². The molecule has 7 nitrogen and oxygen atoms in total. The van der Waals surface area contributed by atoms with Crippen LogP contribution < -0.4 is 4.80 Å². The Kier molecular flexibility index (Phi) is 6.15. The van der Waals surface area contributed by atoms with Crippen LogP contribution in [-0.2, 0) is 0 Å². The highest BCUT2D eigenvalue weighted by atomic mass is 79.9. The molecular formula is C22H16BrN5O2S. The minimum Gasteiger partial charge on any atom is -0.258 e. The Morgan fingerprint density at radius 2 is 1.84 bits per heavy atom. The predicted molar refractivity (Wildman–Crippen MR) is 126 cm³/mol. The van der Waals surface area contributed by atoms with Crippen molar-refractivity contribution >= 4 is 44.4 Å². The quantitative estimate of drug-likeness (QED) is 0.200. The lowest BCUT2D eigenvalue weighted by Gasteiger charge is -2.07. The summed E-state index contributed by atoms with van der Waals surface area (Å²) in [7, 11) is 0. The number of nitro groups is 1. The maximum Gasteiger partial charge on any atom is 0.294 e. The molecule has 2 heterocycles. The van der Waals surface area contributed by atoms with Gasteiger partial charge in [-0.1, -0.05) is 52.3 Å². The monoisotopic (exact) mass is 493 g/mol. The lowest BCUT2D eigenvalue weighted by atomic mass is 10.2. The number of rotatable bonds is 5. The summed E-state index contributed by atoms with van der Waals surface area (Å²) in [4.78, 5) is 20.4. The van der Waals surface area contributed by atoms with Crippen LogP contribution in [0, 0.1) is 10.1 Å². The van der Waals surface area contributed by atoms with E-state index >= 15 is 0 Å². The third-order valence-electron chi connectivity index (χ3n) is 4.42. The zero-order chi connectivity index (χ0) is 21.8.